The van der Waals surface area contributed by atoms with Crippen molar-refractivity contribution in [1.82, 2.24) is 4.90 Å². The predicted octanol–water partition coefficient (Wildman–Crippen LogP) is 2.17. The molecule has 0 aromatic heterocycles. The molecule has 0 saturated carbocycles. The number of nitrogens with zero attached hydrogens (tertiary/aromatic N) is 1. The van der Waals surface area contributed by atoms with Crippen LogP contribution in [0.3, 0.4) is 0 Å². The van der Waals surface area contributed by atoms with Gasteiger partial charge in [-0.3, -0.25) is 0 Å². The van der Waals surface area contributed by atoms with Crippen LogP contribution in [0.25, 0.3) is 0 Å². The second kappa shape index (κ2) is 3.62. The minimum Gasteiger partial charge on any atom is -0.444 e. The number of amides is 1. The van der Waals surface area contributed by atoms with E-state index < -0.39 is 5.60 Å². The summed E-state index contributed by atoms with van der Waals surface area (Å²) in [5.41, 5.74) is -0.479. The second-order valence-electron chi connectivity index (χ2n) is 5.72. The Balaban J connectivity index is 1.93. The van der Waals surface area contributed by atoms with Crippen LogP contribution in [0, 0.1) is 0 Å². The summed E-state index contributed by atoms with van der Waals surface area (Å²) < 4.78 is 11.0. The van der Waals surface area contributed by atoms with Crippen molar-refractivity contribution in [2.24, 2.45) is 0 Å². The van der Waals surface area contributed by atoms with Gasteiger partial charge >= 0.3 is 6.09 Å². The summed E-state index contributed by atoms with van der Waals surface area (Å²) in [5.74, 6) is 0. The molecule has 2 saturated heterocycles. The fourth-order valence-electron chi connectivity index (χ4n) is 2.29. The summed E-state index contributed by atoms with van der Waals surface area (Å²) in [6.45, 7) is 9.21. The molecule has 0 bridgehead atoms. The highest BCUT2D eigenvalue weighted by atomic mass is 16.6. The van der Waals surface area contributed by atoms with Gasteiger partial charge in [0.2, 0.25) is 0 Å². The summed E-state index contributed by atoms with van der Waals surface area (Å²) in [7, 11) is 0. The van der Waals surface area contributed by atoms with Crippen LogP contribution in [0.4, 0.5) is 4.79 Å². The van der Waals surface area contributed by atoms with Gasteiger partial charge in [-0.25, -0.2) is 4.79 Å². The van der Waals surface area contributed by atoms with Crippen molar-refractivity contribution in [3.05, 3.63) is 0 Å². The molecule has 2 heterocycles. The zero-order valence-electron chi connectivity index (χ0n) is 10.6. The van der Waals surface area contributed by atoms with Gasteiger partial charge in [-0.2, -0.15) is 0 Å². The predicted molar refractivity (Wildman–Crippen MR) is 60.3 cm³/mol. The van der Waals surface area contributed by atoms with E-state index in [0.717, 1.165) is 19.4 Å². The van der Waals surface area contributed by atoms with Gasteiger partial charge in [0.15, 0.2) is 0 Å². The van der Waals surface area contributed by atoms with Crippen molar-refractivity contribution in [3.63, 3.8) is 0 Å². The lowest BCUT2D eigenvalue weighted by Crippen LogP contribution is -2.46. The molecule has 0 aliphatic carbocycles. The number of piperidine rings is 1. The Morgan fingerprint density at radius 2 is 2.25 bits per heavy atom. The molecule has 92 valence electrons. The molecule has 0 unspecified atom stereocenters. The number of rotatable bonds is 1. The summed E-state index contributed by atoms with van der Waals surface area (Å²) >= 11 is 0. The molecule has 16 heavy (non-hydrogen) atoms. The highest BCUT2D eigenvalue weighted by Gasteiger charge is 2.58. The van der Waals surface area contributed by atoms with Crippen molar-refractivity contribution < 1.29 is 14.3 Å². The third-order valence-electron chi connectivity index (χ3n) is 3.28. The first kappa shape index (κ1) is 11.7. The first-order valence-corrected chi connectivity index (χ1v) is 6.02. The van der Waals surface area contributed by atoms with E-state index in [-0.39, 0.29) is 11.7 Å². The van der Waals surface area contributed by atoms with Gasteiger partial charge in [0.25, 0.3) is 0 Å². The average Bonchev–Trinajstić information content (AvgIpc) is 2.88. The minimum absolute atomic E-state index is 0.0604. The normalized spacial score (nSPS) is 33.2. The van der Waals surface area contributed by atoms with E-state index in [9.17, 15) is 4.79 Å². The van der Waals surface area contributed by atoms with Gasteiger partial charge in [-0.05, 0) is 33.6 Å². The van der Waals surface area contributed by atoms with Crippen LogP contribution in [0.15, 0.2) is 0 Å². The molecule has 0 spiro atoms. The fraction of sp³-hybridized carbons (Fsp3) is 0.917. The van der Waals surface area contributed by atoms with Gasteiger partial charge in [0.1, 0.15) is 11.2 Å². The Bertz CT molecular complexity index is 297. The van der Waals surface area contributed by atoms with Crippen LogP contribution < -0.4 is 0 Å². The van der Waals surface area contributed by atoms with Crippen molar-refractivity contribution in [2.45, 2.75) is 57.8 Å². The highest BCUT2D eigenvalue weighted by Crippen LogP contribution is 2.45. The Labute approximate surface area is 96.9 Å². The number of likely N-dealkylation sites (tertiary alicyclic amines) is 1. The lowest BCUT2D eigenvalue weighted by molar-refractivity contribution is 0.0189. The summed E-state index contributed by atoms with van der Waals surface area (Å²) in [6, 6.07) is 0. The second-order valence-corrected chi connectivity index (χ2v) is 5.72. The molecule has 0 aromatic rings. The third kappa shape index (κ3) is 2.17. The Morgan fingerprint density at radius 3 is 2.81 bits per heavy atom. The molecule has 2 aliphatic rings. The van der Waals surface area contributed by atoms with Gasteiger partial charge in [-0.1, -0.05) is 6.92 Å². The van der Waals surface area contributed by atoms with Gasteiger partial charge < -0.3 is 14.4 Å². The third-order valence-corrected chi connectivity index (χ3v) is 3.28. The van der Waals surface area contributed by atoms with Crippen LogP contribution in [0.5, 0.6) is 0 Å². The minimum atomic E-state index is -0.419. The molecule has 4 heteroatoms. The van der Waals surface area contributed by atoms with Crippen molar-refractivity contribution in [2.75, 3.05) is 13.1 Å². The first-order valence-electron chi connectivity index (χ1n) is 6.02. The average molecular weight is 227 g/mol. The van der Waals surface area contributed by atoms with Gasteiger partial charge in [0.05, 0.1) is 12.6 Å². The number of ether oxygens (including phenoxy) is 2. The number of hydrogen-bond donors (Lipinski definition) is 0. The molecule has 2 atom stereocenters. The summed E-state index contributed by atoms with van der Waals surface area (Å²) in [6.07, 6.45) is 2.06. The molecule has 2 rings (SSSR count). The van der Waals surface area contributed by atoms with Crippen LogP contribution in [-0.4, -0.2) is 41.4 Å². The van der Waals surface area contributed by atoms with Crippen LogP contribution >= 0.6 is 0 Å². The van der Waals surface area contributed by atoms with E-state index in [4.69, 9.17) is 9.47 Å². The number of hydrogen-bond acceptors (Lipinski definition) is 3. The zero-order valence-corrected chi connectivity index (χ0v) is 10.6. The number of carbonyl (C=O) groups is 1. The summed E-state index contributed by atoms with van der Waals surface area (Å²) in [5, 5.41) is 0. The van der Waals surface area contributed by atoms with Crippen LogP contribution in [0.1, 0.15) is 40.5 Å². The Kier molecular flexibility index (Phi) is 2.65. The molecular formula is C12H21NO3. The lowest BCUT2D eigenvalue weighted by atomic mass is 9.96. The molecule has 0 aromatic carbocycles. The fourth-order valence-corrected chi connectivity index (χ4v) is 2.29. The Morgan fingerprint density at radius 1 is 1.56 bits per heavy atom. The molecule has 0 N–H and O–H groups in total. The number of epoxide rings is 1. The van der Waals surface area contributed by atoms with Crippen molar-refractivity contribution in [3.8, 4) is 0 Å². The first-order chi connectivity index (χ1) is 7.36. The van der Waals surface area contributed by atoms with E-state index in [1.807, 2.05) is 20.8 Å². The highest BCUT2D eigenvalue weighted by molar-refractivity contribution is 5.68. The van der Waals surface area contributed by atoms with E-state index in [1.54, 1.807) is 4.90 Å². The SMILES string of the molecule is CC[C@@]12CN(C(=O)OC(C)(C)C)CC[C@H]1O2. The van der Waals surface area contributed by atoms with Crippen molar-refractivity contribution >= 4 is 6.09 Å². The quantitative estimate of drug-likeness (QED) is 0.645. The molecular weight excluding hydrogens is 206 g/mol. The number of fused-ring (bicyclic) bond motifs is 1. The van der Waals surface area contributed by atoms with E-state index in [1.165, 1.54) is 0 Å². The lowest BCUT2D eigenvalue weighted by Gasteiger charge is -2.31. The standard InChI is InChI=1S/C12H21NO3/c1-5-12-8-13(7-6-9(12)15-12)10(14)16-11(2,3)4/h9H,5-8H2,1-4H3/t9-,12-/m1/s1. The van der Waals surface area contributed by atoms with Gasteiger partial charge in [0, 0.05) is 6.54 Å². The largest absolute Gasteiger partial charge is 0.444 e. The smallest absolute Gasteiger partial charge is 0.410 e. The Hall–Kier alpha value is -0.770. The maximum Gasteiger partial charge on any atom is 0.410 e. The molecule has 2 aliphatic heterocycles. The molecule has 1 amide bonds. The van der Waals surface area contributed by atoms with E-state index in [0.29, 0.717) is 12.6 Å². The van der Waals surface area contributed by atoms with Gasteiger partial charge in [-0.15, -0.1) is 0 Å². The maximum atomic E-state index is 11.9. The van der Waals surface area contributed by atoms with E-state index >= 15 is 0 Å². The topological polar surface area (TPSA) is 42.1 Å². The number of carbonyl (C=O) groups excluding carboxylic acids is 1. The maximum absolute atomic E-state index is 11.9. The van der Waals surface area contributed by atoms with Crippen LogP contribution in [0.2, 0.25) is 0 Å². The molecule has 4 nitrogen and oxygen atoms in total. The summed E-state index contributed by atoms with van der Waals surface area (Å²) in [4.78, 5) is 13.7. The monoisotopic (exact) mass is 227 g/mol. The van der Waals surface area contributed by atoms with Crippen LogP contribution in [-0.2, 0) is 9.47 Å². The van der Waals surface area contributed by atoms with Crippen molar-refractivity contribution in [1.29, 1.82) is 0 Å². The molecule has 2 fully saturated rings. The molecule has 0 radical (unpaired) electrons. The zero-order chi connectivity index (χ0) is 12.0. The van der Waals surface area contributed by atoms with E-state index in [2.05, 4.69) is 6.92 Å².